The molecule has 0 aliphatic rings. The van der Waals surface area contributed by atoms with Gasteiger partial charge in [0.1, 0.15) is 0 Å². The summed E-state index contributed by atoms with van der Waals surface area (Å²) in [6.07, 6.45) is 3.37. The lowest BCUT2D eigenvalue weighted by Crippen LogP contribution is -2.44. The molecule has 110 valence electrons. The van der Waals surface area contributed by atoms with Crippen LogP contribution in [0.25, 0.3) is 0 Å². The summed E-state index contributed by atoms with van der Waals surface area (Å²) in [6.45, 7) is 5.93. The molecule has 6 nitrogen and oxygen atoms in total. The van der Waals surface area contributed by atoms with E-state index >= 15 is 0 Å². The predicted octanol–water partition coefficient (Wildman–Crippen LogP) is 1.89. The van der Waals surface area contributed by atoms with E-state index in [-0.39, 0.29) is 18.6 Å². The van der Waals surface area contributed by atoms with Crippen LogP contribution < -0.4 is 5.32 Å². The van der Waals surface area contributed by atoms with Crippen LogP contribution in [0.15, 0.2) is 24.5 Å². The van der Waals surface area contributed by atoms with Gasteiger partial charge in [0.05, 0.1) is 12.0 Å². The molecule has 0 aliphatic carbocycles. The number of pyridine rings is 1. The van der Waals surface area contributed by atoms with Crippen LogP contribution in [-0.2, 0) is 4.79 Å². The lowest BCUT2D eigenvalue weighted by atomic mass is 10.1. The van der Waals surface area contributed by atoms with Crippen LogP contribution in [-0.4, -0.2) is 40.1 Å². The van der Waals surface area contributed by atoms with Crippen LogP contribution >= 0.6 is 0 Å². The minimum atomic E-state index is -0.906. The molecular formula is C14H21N3O3. The number of carbonyl (C=O) groups is 2. The molecule has 0 bridgehead atoms. The highest BCUT2D eigenvalue weighted by molar-refractivity contribution is 5.76. The molecule has 0 radical (unpaired) electrons. The first-order chi connectivity index (χ1) is 9.45. The molecule has 6 heteroatoms. The number of aromatic nitrogens is 1. The number of urea groups is 1. The Balaban J connectivity index is 2.61. The van der Waals surface area contributed by atoms with Crippen molar-refractivity contribution in [1.29, 1.82) is 0 Å². The molecule has 2 N–H and O–H groups in total. The Hall–Kier alpha value is -2.11. The Labute approximate surface area is 118 Å². The molecule has 0 fully saturated rings. The fourth-order valence-corrected chi connectivity index (χ4v) is 1.76. The zero-order chi connectivity index (χ0) is 15.1. The first-order valence-corrected chi connectivity index (χ1v) is 6.63. The molecular weight excluding hydrogens is 258 g/mol. The Bertz CT molecular complexity index is 450. The van der Waals surface area contributed by atoms with Gasteiger partial charge >= 0.3 is 12.0 Å². The number of aliphatic carboxylic acids is 1. The number of rotatable bonds is 6. The average molecular weight is 279 g/mol. The van der Waals surface area contributed by atoms with Gasteiger partial charge in [0.25, 0.3) is 0 Å². The van der Waals surface area contributed by atoms with E-state index in [2.05, 4.69) is 10.3 Å². The third kappa shape index (κ3) is 4.53. The van der Waals surface area contributed by atoms with Crippen molar-refractivity contribution in [3.05, 3.63) is 30.1 Å². The van der Waals surface area contributed by atoms with E-state index in [1.54, 1.807) is 19.3 Å². The van der Waals surface area contributed by atoms with Crippen molar-refractivity contribution in [2.75, 3.05) is 13.1 Å². The first kappa shape index (κ1) is 15.9. The molecule has 0 aromatic carbocycles. The summed E-state index contributed by atoms with van der Waals surface area (Å²) in [5.41, 5.74) is 0.906. The summed E-state index contributed by atoms with van der Waals surface area (Å²) in [5, 5.41) is 11.7. The molecule has 1 rings (SSSR count). The lowest BCUT2D eigenvalue weighted by Gasteiger charge is -2.25. The summed E-state index contributed by atoms with van der Waals surface area (Å²) >= 11 is 0. The van der Waals surface area contributed by atoms with Gasteiger partial charge in [-0.25, -0.2) is 4.79 Å². The van der Waals surface area contributed by atoms with E-state index in [1.165, 1.54) is 4.90 Å². The Morgan fingerprint density at radius 2 is 2.15 bits per heavy atom. The normalized spacial score (nSPS) is 13.3. The summed E-state index contributed by atoms with van der Waals surface area (Å²) in [5.74, 6) is -1.49. The zero-order valence-corrected chi connectivity index (χ0v) is 12.0. The van der Waals surface area contributed by atoms with Gasteiger partial charge < -0.3 is 15.3 Å². The van der Waals surface area contributed by atoms with Gasteiger partial charge in [-0.15, -0.1) is 0 Å². The maximum Gasteiger partial charge on any atom is 0.317 e. The van der Waals surface area contributed by atoms with Crippen LogP contribution in [0.3, 0.4) is 0 Å². The Morgan fingerprint density at radius 3 is 2.65 bits per heavy atom. The average Bonchev–Trinajstić information content (AvgIpc) is 2.44. The summed E-state index contributed by atoms with van der Waals surface area (Å²) in [6, 6.07) is 3.25. The van der Waals surface area contributed by atoms with Crippen molar-refractivity contribution in [3.8, 4) is 0 Å². The number of amides is 2. The van der Waals surface area contributed by atoms with E-state index in [4.69, 9.17) is 5.11 Å². The monoisotopic (exact) mass is 279 g/mol. The second kappa shape index (κ2) is 7.47. The van der Waals surface area contributed by atoms with Gasteiger partial charge in [-0.1, -0.05) is 13.0 Å². The number of carboxylic acids is 1. The van der Waals surface area contributed by atoms with E-state index in [9.17, 15) is 9.59 Å². The van der Waals surface area contributed by atoms with Gasteiger partial charge in [0.15, 0.2) is 0 Å². The highest BCUT2D eigenvalue weighted by Gasteiger charge is 2.20. The van der Waals surface area contributed by atoms with E-state index in [1.807, 2.05) is 26.0 Å². The molecule has 2 amide bonds. The quantitative estimate of drug-likeness (QED) is 0.833. The summed E-state index contributed by atoms with van der Waals surface area (Å²) in [4.78, 5) is 28.5. The standard InChI is InChI=1S/C14H21N3O3/c1-4-17(9-10(2)13(18)19)14(20)16-11(3)12-6-5-7-15-8-12/h5-8,10-11H,4,9H2,1-3H3,(H,16,20)(H,18,19). The molecule has 0 saturated carbocycles. The number of nitrogens with zero attached hydrogens (tertiary/aromatic N) is 2. The molecule has 0 aliphatic heterocycles. The molecule has 0 saturated heterocycles. The second-order valence-electron chi connectivity index (χ2n) is 4.74. The SMILES string of the molecule is CCN(CC(C)C(=O)O)C(=O)NC(C)c1cccnc1. The Kier molecular flexibility index (Phi) is 5.96. The third-order valence-corrected chi connectivity index (χ3v) is 3.11. The fourth-order valence-electron chi connectivity index (χ4n) is 1.76. The number of hydrogen-bond acceptors (Lipinski definition) is 3. The highest BCUT2D eigenvalue weighted by Crippen LogP contribution is 2.11. The molecule has 20 heavy (non-hydrogen) atoms. The largest absolute Gasteiger partial charge is 0.481 e. The topological polar surface area (TPSA) is 82.5 Å². The second-order valence-corrected chi connectivity index (χ2v) is 4.74. The zero-order valence-electron chi connectivity index (χ0n) is 12.0. The maximum absolute atomic E-state index is 12.1. The molecule has 0 spiro atoms. The van der Waals surface area contributed by atoms with Crippen LogP contribution in [0.4, 0.5) is 4.79 Å². The third-order valence-electron chi connectivity index (χ3n) is 3.11. The van der Waals surface area contributed by atoms with Crippen molar-refractivity contribution in [3.63, 3.8) is 0 Å². The van der Waals surface area contributed by atoms with Crippen molar-refractivity contribution in [2.45, 2.75) is 26.8 Å². The van der Waals surface area contributed by atoms with Gasteiger partial charge in [-0.05, 0) is 25.5 Å². The molecule has 1 aromatic rings. The minimum absolute atomic E-state index is 0.176. The van der Waals surface area contributed by atoms with Crippen molar-refractivity contribution in [1.82, 2.24) is 15.2 Å². The molecule has 2 atom stereocenters. The van der Waals surface area contributed by atoms with Crippen molar-refractivity contribution < 1.29 is 14.7 Å². The number of carbonyl (C=O) groups excluding carboxylic acids is 1. The van der Waals surface area contributed by atoms with Crippen LogP contribution in [0, 0.1) is 5.92 Å². The van der Waals surface area contributed by atoms with Gasteiger partial charge in [0, 0.05) is 25.5 Å². The molecule has 2 unspecified atom stereocenters. The molecule has 1 aromatic heterocycles. The van der Waals surface area contributed by atoms with Crippen LogP contribution in [0.5, 0.6) is 0 Å². The van der Waals surface area contributed by atoms with E-state index in [0.717, 1.165) is 5.56 Å². The van der Waals surface area contributed by atoms with E-state index < -0.39 is 11.9 Å². The van der Waals surface area contributed by atoms with Gasteiger partial charge in [0.2, 0.25) is 0 Å². The van der Waals surface area contributed by atoms with Crippen molar-refractivity contribution in [2.24, 2.45) is 5.92 Å². The number of hydrogen-bond donors (Lipinski definition) is 2. The fraction of sp³-hybridized carbons (Fsp3) is 0.500. The first-order valence-electron chi connectivity index (χ1n) is 6.63. The van der Waals surface area contributed by atoms with Gasteiger partial charge in [-0.2, -0.15) is 0 Å². The van der Waals surface area contributed by atoms with Crippen LogP contribution in [0.1, 0.15) is 32.4 Å². The number of nitrogens with one attached hydrogen (secondary N) is 1. The summed E-state index contributed by atoms with van der Waals surface area (Å²) < 4.78 is 0. The van der Waals surface area contributed by atoms with Crippen molar-refractivity contribution >= 4 is 12.0 Å². The van der Waals surface area contributed by atoms with Crippen LogP contribution in [0.2, 0.25) is 0 Å². The number of carboxylic acid groups (broad SMARTS) is 1. The maximum atomic E-state index is 12.1. The predicted molar refractivity (Wildman–Crippen MR) is 75.2 cm³/mol. The minimum Gasteiger partial charge on any atom is -0.481 e. The summed E-state index contributed by atoms with van der Waals surface area (Å²) in [7, 11) is 0. The van der Waals surface area contributed by atoms with Gasteiger partial charge in [-0.3, -0.25) is 9.78 Å². The lowest BCUT2D eigenvalue weighted by molar-refractivity contribution is -0.141. The Morgan fingerprint density at radius 1 is 1.45 bits per heavy atom. The van der Waals surface area contributed by atoms with E-state index in [0.29, 0.717) is 6.54 Å². The molecule has 1 heterocycles. The highest BCUT2D eigenvalue weighted by atomic mass is 16.4. The smallest absolute Gasteiger partial charge is 0.317 e.